The molecule has 1 atom stereocenters. The molecule has 0 unspecified atom stereocenters. The molecular weight excluding hydrogens is 513 g/mol. The van der Waals surface area contributed by atoms with Gasteiger partial charge < -0.3 is 15.4 Å². The Morgan fingerprint density at radius 1 is 1.24 bits per heavy atom. The van der Waals surface area contributed by atoms with Gasteiger partial charge in [0.15, 0.2) is 5.82 Å². The third-order valence-corrected chi connectivity index (χ3v) is 6.72. The Labute approximate surface area is 227 Å². The summed E-state index contributed by atoms with van der Waals surface area (Å²) in [4.78, 5) is 25.9. The van der Waals surface area contributed by atoms with Gasteiger partial charge in [-0.2, -0.15) is 9.94 Å². The van der Waals surface area contributed by atoms with Crippen molar-refractivity contribution in [2.24, 2.45) is 5.92 Å². The number of benzene rings is 2. The Kier molecular flexibility index (Phi) is 10.3. The van der Waals surface area contributed by atoms with E-state index in [-0.39, 0.29) is 30.0 Å². The number of amides is 1. The monoisotopic (exact) mass is 543 g/mol. The van der Waals surface area contributed by atoms with Gasteiger partial charge in [-0.15, -0.1) is 17.5 Å². The number of hydrogen-bond acceptors (Lipinski definition) is 6. The number of piperidine rings is 1. The van der Waals surface area contributed by atoms with Gasteiger partial charge in [-0.05, 0) is 61.7 Å². The molecule has 0 bridgehead atoms. The lowest BCUT2D eigenvalue weighted by molar-refractivity contribution is -0.120. The minimum atomic E-state index is -0.589. The number of nitriles is 1. The summed E-state index contributed by atoms with van der Waals surface area (Å²) in [7, 11) is 0. The summed E-state index contributed by atoms with van der Waals surface area (Å²) in [6.07, 6.45) is 5.09. The number of fused-ring (bicyclic) bond motifs is 1. The van der Waals surface area contributed by atoms with Crippen molar-refractivity contribution in [2.75, 3.05) is 25.0 Å². The maximum Gasteiger partial charge on any atom is 0.435 e. The summed E-state index contributed by atoms with van der Waals surface area (Å²) in [6, 6.07) is 12.6. The van der Waals surface area contributed by atoms with Gasteiger partial charge in [-0.1, -0.05) is 43.9 Å². The summed E-state index contributed by atoms with van der Waals surface area (Å²) >= 11 is 6.43. The van der Waals surface area contributed by atoms with Crippen LogP contribution < -0.4 is 10.6 Å². The first-order valence-electron chi connectivity index (χ1n) is 12.4. The summed E-state index contributed by atoms with van der Waals surface area (Å²) in [6.45, 7) is 3.94. The van der Waals surface area contributed by atoms with Crippen LogP contribution in [0.4, 0.5) is 10.6 Å². The number of carbonyl (C=O) groups is 2. The number of ether oxygens (including phenoxy) is 1. The van der Waals surface area contributed by atoms with E-state index < -0.39 is 6.09 Å². The average Bonchev–Trinajstić information content (AvgIpc) is 3.26. The topological polar surface area (TPSA) is 109 Å². The lowest BCUT2D eigenvalue weighted by atomic mass is 9.98. The van der Waals surface area contributed by atoms with E-state index in [0.29, 0.717) is 40.2 Å². The quantitative estimate of drug-likeness (QED) is 0.329. The Morgan fingerprint density at radius 3 is 2.81 bits per heavy atom. The zero-order valence-corrected chi connectivity index (χ0v) is 22.3. The van der Waals surface area contributed by atoms with Crippen LogP contribution in [-0.4, -0.2) is 41.5 Å². The standard InChI is InChI=1S/C27H30ClN5O3.ClH/c1-2-3-4-5-13-36-27(35)33-24-11-9-19(21-14-18(16-29)8-10-23(21)28)15-22(24)25(32-33)31-26(34)20-7-6-12-30-17-20;/h8-11,14-15,20,30H,2-7,12-13,17H2,1H3,(H,31,32,34);1H/t20-;/m1./s1. The molecule has 2 heterocycles. The van der Waals surface area contributed by atoms with E-state index in [1.165, 1.54) is 4.68 Å². The minimum absolute atomic E-state index is 0. The Balaban J connectivity index is 0.00000380. The van der Waals surface area contributed by atoms with Crippen molar-refractivity contribution in [3.8, 4) is 17.2 Å². The van der Waals surface area contributed by atoms with Crippen LogP contribution in [-0.2, 0) is 9.53 Å². The SMILES string of the molecule is CCCCCCOC(=O)n1nc(NC(=O)[C@@H]2CCCNC2)c2cc(-c3cc(C#N)ccc3Cl)ccc21.Cl. The maximum atomic E-state index is 13.0. The second kappa shape index (κ2) is 13.4. The van der Waals surface area contributed by atoms with E-state index in [0.717, 1.165) is 50.6 Å². The van der Waals surface area contributed by atoms with E-state index in [2.05, 4.69) is 28.7 Å². The van der Waals surface area contributed by atoms with Crippen LogP contribution in [0, 0.1) is 17.2 Å². The fraction of sp³-hybridized carbons (Fsp3) is 0.407. The van der Waals surface area contributed by atoms with Crippen LogP contribution >= 0.6 is 24.0 Å². The Hall–Kier alpha value is -3.12. The predicted molar refractivity (Wildman–Crippen MR) is 147 cm³/mol. The average molecular weight is 544 g/mol. The third kappa shape index (κ3) is 6.80. The number of hydrogen-bond donors (Lipinski definition) is 2. The molecule has 37 heavy (non-hydrogen) atoms. The molecule has 1 aliphatic rings. The molecule has 1 aliphatic heterocycles. The Morgan fingerprint density at radius 2 is 2.08 bits per heavy atom. The highest BCUT2D eigenvalue weighted by atomic mass is 35.5. The minimum Gasteiger partial charge on any atom is -0.448 e. The molecule has 0 aliphatic carbocycles. The van der Waals surface area contributed by atoms with Gasteiger partial charge in [0.2, 0.25) is 5.91 Å². The predicted octanol–water partition coefficient (Wildman–Crippen LogP) is 6.15. The van der Waals surface area contributed by atoms with Gasteiger partial charge in [-0.25, -0.2) is 4.79 Å². The first-order valence-corrected chi connectivity index (χ1v) is 12.8. The summed E-state index contributed by atoms with van der Waals surface area (Å²) in [5.74, 6) is -0.0242. The molecule has 1 aromatic heterocycles. The molecule has 0 spiro atoms. The molecular formula is C27H31Cl2N5O3. The van der Waals surface area contributed by atoms with E-state index in [1.54, 1.807) is 24.3 Å². The van der Waals surface area contributed by atoms with Gasteiger partial charge in [0, 0.05) is 22.5 Å². The number of carbonyl (C=O) groups excluding carboxylic acids is 2. The molecule has 1 amide bonds. The lowest BCUT2D eigenvalue weighted by Gasteiger charge is -2.21. The molecule has 2 aromatic carbocycles. The van der Waals surface area contributed by atoms with Crippen molar-refractivity contribution in [3.63, 3.8) is 0 Å². The van der Waals surface area contributed by atoms with Crippen LogP contribution in [0.3, 0.4) is 0 Å². The van der Waals surface area contributed by atoms with Crippen molar-refractivity contribution in [1.29, 1.82) is 5.26 Å². The molecule has 4 rings (SSSR count). The van der Waals surface area contributed by atoms with Gasteiger partial charge in [-0.3, -0.25) is 4.79 Å². The van der Waals surface area contributed by atoms with Crippen molar-refractivity contribution in [1.82, 2.24) is 15.1 Å². The fourth-order valence-corrected chi connectivity index (χ4v) is 4.60. The second-order valence-electron chi connectivity index (χ2n) is 9.01. The molecule has 8 nitrogen and oxygen atoms in total. The smallest absolute Gasteiger partial charge is 0.435 e. The molecule has 196 valence electrons. The number of nitrogens with one attached hydrogen (secondary N) is 2. The lowest BCUT2D eigenvalue weighted by Crippen LogP contribution is -2.37. The fourth-order valence-electron chi connectivity index (χ4n) is 4.38. The van der Waals surface area contributed by atoms with E-state index in [9.17, 15) is 14.9 Å². The maximum absolute atomic E-state index is 13.0. The summed E-state index contributed by atoms with van der Waals surface area (Å²) in [5, 5.41) is 21.0. The normalized spacial score (nSPS) is 15.0. The van der Waals surface area contributed by atoms with Gasteiger partial charge >= 0.3 is 6.09 Å². The third-order valence-electron chi connectivity index (χ3n) is 6.39. The van der Waals surface area contributed by atoms with Crippen molar-refractivity contribution in [3.05, 3.63) is 47.0 Å². The first-order chi connectivity index (χ1) is 17.5. The number of aromatic nitrogens is 2. The van der Waals surface area contributed by atoms with Crippen LogP contribution in [0.5, 0.6) is 0 Å². The molecule has 1 saturated heterocycles. The molecule has 1 fully saturated rings. The number of anilines is 1. The number of rotatable bonds is 8. The van der Waals surface area contributed by atoms with Crippen LogP contribution in [0.1, 0.15) is 51.0 Å². The number of nitrogens with zero attached hydrogens (tertiary/aromatic N) is 3. The molecule has 2 N–H and O–H groups in total. The highest BCUT2D eigenvalue weighted by Crippen LogP contribution is 2.34. The van der Waals surface area contributed by atoms with Crippen molar-refractivity contribution in [2.45, 2.75) is 45.4 Å². The van der Waals surface area contributed by atoms with Crippen LogP contribution in [0.25, 0.3) is 22.0 Å². The largest absolute Gasteiger partial charge is 0.448 e. The van der Waals surface area contributed by atoms with Gasteiger partial charge in [0.05, 0.1) is 29.7 Å². The van der Waals surface area contributed by atoms with E-state index in [4.69, 9.17) is 16.3 Å². The Bertz CT molecular complexity index is 1300. The molecule has 10 heteroatoms. The summed E-state index contributed by atoms with van der Waals surface area (Å²) in [5.41, 5.74) is 2.42. The second-order valence-corrected chi connectivity index (χ2v) is 9.41. The van der Waals surface area contributed by atoms with Crippen LogP contribution in [0.15, 0.2) is 36.4 Å². The zero-order chi connectivity index (χ0) is 25.5. The molecule has 3 aromatic rings. The highest BCUT2D eigenvalue weighted by molar-refractivity contribution is 6.33. The van der Waals surface area contributed by atoms with Crippen LogP contribution in [0.2, 0.25) is 5.02 Å². The summed E-state index contributed by atoms with van der Waals surface area (Å²) < 4.78 is 6.66. The van der Waals surface area contributed by atoms with E-state index >= 15 is 0 Å². The van der Waals surface area contributed by atoms with Gasteiger partial charge in [0.25, 0.3) is 0 Å². The zero-order valence-electron chi connectivity index (χ0n) is 20.8. The van der Waals surface area contributed by atoms with Gasteiger partial charge in [0.1, 0.15) is 0 Å². The van der Waals surface area contributed by atoms with E-state index in [1.807, 2.05) is 12.1 Å². The van der Waals surface area contributed by atoms with Crippen molar-refractivity contribution >= 4 is 52.7 Å². The first kappa shape index (κ1) is 28.5. The molecule has 0 radical (unpaired) electrons. The molecule has 0 saturated carbocycles. The van der Waals surface area contributed by atoms with Crippen molar-refractivity contribution < 1.29 is 14.3 Å². The number of halogens is 2. The highest BCUT2D eigenvalue weighted by Gasteiger charge is 2.24. The number of unbranched alkanes of at least 4 members (excludes halogenated alkanes) is 3.